The van der Waals surface area contributed by atoms with Crippen molar-refractivity contribution in [3.05, 3.63) is 59.5 Å². The van der Waals surface area contributed by atoms with Crippen LogP contribution in [-0.2, 0) is 11.2 Å². The molecule has 2 aromatic carbocycles. The van der Waals surface area contributed by atoms with Gasteiger partial charge in [-0.3, -0.25) is 4.79 Å². The molecular formula is C26H33N3O4. The highest BCUT2D eigenvalue weighted by Crippen LogP contribution is 2.33. The number of aryl methyl sites for hydroxylation is 2. The molecule has 0 fully saturated rings. The molecule has 7 nitrogen and oxygen atoms in total. The van der Waals surface area contributed by atoms with Crippen LogP contribution in [0.2, 0.25) is 0 Å². The number of carbonyl (C=O) groups excluding carboxylic acids is 1. The van der Waals surface area contributed by atoms with E-state index in [4.69, 9.17) is 13.9 Å². The van der Waals surface area contributed by atoms with E-state index in [2.05, 4.69) is 29.4 Å². The predicted octanol–water partition coefficient (Wildman–Crippen LogP) is 5.29. The van der Waals surface area contributed by atoms with E-state index in [-0.39, 0.29) is 24.3 Å². The fourth-order valence-electron chi connectivity index (χ4n) is 3.53. The summed E-state index contributed by atoms with van der Waals surface area (Å²) in [4.78, 5) is 12.7. The van der Waals surface area contributed by atoms with E-state index in [1.165, 1.54) is 0 Å². The van der Waals surface area contributed by atoms with Crippen molar-refractivity contribution in [2.24, 2.45) is 5.92 Å². The maximum absolute atomic E-state index is 12.7. The quantitative estimate of drug-likeness (QED) is 0.426. The number of nitrogens with one attached hydrogen (secondary N) is 1. The number of hydrogen-bond acceptors (Lipinski definition) is 6. The summed E-state index contributed by atoms with van der Waals surface area (Å²) in [5.74, 6) is 2.42. The number of ether oxygens (including phenoxy) is 2. The molecule has 3 aromatic rings. The van der Waals surface area contributed by atoms with Gasteiger partial charge in [-0.25, -0.2) is 0 Å². The highest BCUT2D eigenvalue weighted by atomic mass is 16.5. The van der Waals surface area contributed by atoms with E-state index >= 15 is 0 Å². The molecule has 1 N–H and O–H groups in total. The average Bonchev–Trinajstić information content (AvgIpc) is 3.27. The maximum Gasteiger partial charge on any atom is 0.247 e. The van der Waals surface area contributed by atoms with Crippen molar-refractivity contribution < 1.29 is 18.7 Å². The summed E-state index contributed by atoms with van der Waals surface area (Å²) in [6.07, 6.45) is 0.636. The standard InChI is InChI=1S/C26H33N3O4/c1-6-31-21-13-12-20(16-22(21)32-7-2)25(17(3)4)27-23(30)14-15-24-28-29-26(33-24)19-10-8-18(5)9-11-19/h8-13,16-17,25H,6-7,14-15H2,1-5H3,(H,27,30). The van der Waals surface area contributed by atoms with E-state index in [1.807, 2.05) is 63.2 Å². The Morgan fingerprint density at radius 2 is 1.70 bits per heavy atom. The molecule has 0 saturated heterocycles. The lowest BCUT2D eigenvalue weighted by Crippen LogP contribution is -2.32. The van der Waals surface area contributed by atoms with Crippen molar-refractivity contribution in [1.29, 1.82) is 0 Å². The number of carbonyl (C=O) groups is 1. The van der Waals surface area contributed by atoms with Crippen LogP contribution in [0.3, 0.4) is 0 Å². The van der Waals surface area contributed by atoms with Crippen molar-refractivity contribution in [2.75, 3.05) is 13.2 Å². The fraction of sp³-hybridized carbons (Fsp3) is 0.423. The third-order valence-corrected chi connectivity index (χ3v) is 5.24. The Kier molecular flexibility index (Phi) is 8.46. The molecule has 0 bridgehead atoms. The van der Waals surface area contributed by atoms with Gasteiger partial charge >= 0.3 is 0 Å². The lowest BCUT2D eigenvalue weighted by molar-refractivity contribution is -0.122. The molecule has 0 aliphatic rings. The molecule has 33 heavy (non-hydrogen) atoms. The monoisotopic (exact) mass is 451 g/mol. The summed E-state index contributed by atoms with van der Waals surface area (Å²) in [5.41, 5.74) is 3.00. The summed E-state index contributed by atoms with van der Waals surface area (Å²) in [6, 6.07) is 13.6. The van der Waals surface area contributed by atoms with Gasteiger partial charge in [0.15, 0.2) is 11.5 Å². The molecule has 1 unspecified atom stereocenters. The second-order valence-corrected chi connectivity index (χ2v) is 8.23. The fourth-order valence-corrected chi connectivity index (χ4v) is 3.53. The van der Waals surface area contributed by atoms with Crippen LogP contribution in [0.4, 0.5) is 0 Å². The van der Waals surface area contributed by atoms with Gasteiger partial charge in [0.05, 0.1) is 19.3 Å². The summed E-state index contributed by atoms with van der Waals surface area (Å²) in [6.45, 7) is 11.2. The van der Waals surface area contributed by atoms with Gasteiger partial charge in [0, 0.05) is 18.4 Å². The molecule has 0 saturated carbocycles. The second-order valence-electron chi connectivity index (χ2n) is 8.23. The molecule has 3 rings (SSSR count). The lowest BCUT2D eigenvalue weighted by Gasteiger charge is -2.24. The van der Waals surface area contributed by atoms with Crippen LogP contribution in [0.25, 0.3) is 11.5 Å². The smallest absolute Gasteiger partial charge is 0.247 e. The molecule has 1 atom stereocenters. The number of rotatable bonds is 11. The van der Waals surface area contributed by atoms with E-state index in [0.717, 1.165) is 16.7 Å². The Morgan fingerprint density at radius 1 is 1.00 bits per heavy atom. The third-order valence-electron chi connectivity index (χ3n) is 5.24. The minimum Gasteiger partial charge on any atom is -0.490 e. The summed E-state index contributed by atoms with van der Waals surface area (Å²) in [5, 5.41) is 11.3. The van der Waals surface area contributed by atoms with Gasteiger partial charge in [-0.1, -0.05) is 37.6 Å². The lowest BCUT2D eigenvalue weighted by atomic mass is 9.95. The number of benzene rings is 2. The molecule has 0 spiro atoms. The zero-order chi connectivity index (χ0) is 23.8. The van der Waals surface area contributed by atoms with Crippen molar-refractivity contribution in [1.82, 2.24) is 15.5 Å². The summed E-state index contributed by atoms with van der Waals surface area (Å²) in [7, 11) is 0. The highest BCUT2D eigenvalue weighted by molar-refractivity contribution is 5.76. The van der Waals surface area contributed by atoms with Gasteiger partial charge in [-0.2, -0.15) is 0 Å². The Morgan fingerprint density at radius 3 is 2.36 bits per heavy atom. The molecule has 0 radical (unpaired) electrons. The first-order valence-corrected chi connectivity index (χ1v) is 11.5. The van der Waals surface area contributed by atoms with E-state index in [0.29, 0.717) is 42.9 Å². The molecule has 0 aliphatic carbocycles. The topological polar surface area (TPSA) is 86.5 Å². The van der Waals surface area contributed by atoms with Gasteiger partial charge < -0.3 is 19.2 Å². The normalized spacial score (nSPS) is 11.9. The molecule has 7 heteroatoms. The van der Waals surface area contributed by atoms with Crippen LogP contribution in [0.15, 0.2) is 46.9 Å². The molecule has 1 heterocycles. The number of hydrogen-bond donors (Lipinski definition) is 1. The first kappa shape index (κ1) is 24.3. The van der Waals surface area contributed by atoms with Crippen molar-refractivity contribution in [3.63, 3.8) is 0 Å². The maximum atomic E-state index is 12.7. The van der Waals surface area contributed by atoms with Crippen molar-refractivity contribution in [2.45, 2.75) is 53.5 Å². The van der Waals surface area contributed by atoms with E-state index < -0.39 is 0 Å². The van der Waals surface area contributed by atoms with Crippen LogP contribution in [0.1, 0.15) is 57.2 Å². The molecule has 176 valence electrons. The average molecular weight is 452 g/mol. The number of aromatic nitrogens is 2. The first-order valence-electron chi connectivity index (χ1n) is 11.5. The van der Waals surface area contributed by atoms with Crippen LogP contribution in [0, 0.1) is 12.8 Å². The number of nitrogens with zero attached hydrogens (tertiary/aromatic N) is 2. The van der Waals surface area contributed by atoms with Crippen LogP contribution < -0.4 is 14.8 Å². The zero-order valence-corrected chi connectivity index (χ0v) is 20.1. The first-order chi connectivity index (χ1) is 15.9. The Labute approximate surface area is 195 Å². The molecular weight excluding hydrogens is 418 g/mol. The van der Waals surface area contributed by atoms with E-state index in [1.54, 1.807) is 0 Å². The largest absolute Gasteiger partial charge is 0.490 e. The van der Waals surface area contributed by atoms with Gasteiger partial charge in [0.25, 0.3) is 0 Å². The third kappa shape index (κ3) is 6.57. The van der Waals surface area contributed by atoms with Crippen molar-refractivity contribution in [3.8, 4) is 23.0 Å². The summed E-state index contributed by atoms with van der Waals surface area (Å²) >= 11 is 0. The number of amides is 1. The summed E-state index contributed by atoms with van der Waals surface area (Å²) < 4.78 is 17.2. The molecule has 1 aromatic heterocycles. The minimum absolute atomic E-state index is 0.0735. The van der Waals surface area contributed by atoms with Gasteiger partial charge in [-0.15, -0.1) is 10.2 Å². The van der Waals surface area contributed by atoms with E-state index in [9.17, 15) is 4.79 Å². The van der Waals surface area contributed by atoms with Crippen molar-refractivity contribution >= 4 is 5.91 Å². The molecule has 0 aliphatic heterocycles. The van der Waals surface area contributed by atoms with Crippen LogP contribution in [-0.4, -0.2) is 29.3 Å². The predicted molar refractivity (Wildman–Crippen MR) is 127 cm³/mol. The van der Waals surface area contributed by atoms with Crippen LogP contribution >= 0.6 is 0 Å². The SMILES string of the molecule is CCOc1ccc(C(NC(=O)CCc2nnc(-c3ccc(C)cc3)o2)C(C)C)cc1OCC. The Bertz CT molecular complexity index is 1040. The van der Waals surface area contributed by atoms with Gasteiger partial charge in [-0.05, 0) is 56.5 Å². The second kappa shape index (κ2) is 11.5. The Balaban J connectivity index is 1.64. The van der Waals surface area contributed by atoms with Gasteiger partial charge in [0.2, 0.25) is 17.7 Å². The zero-order valence-electron chi connectivity index (χ0n) is 20.1. The minimum atomic E-state index is -0.154. The Hall–Kier alpha value is -3.35. The molecule has 1 amide bonds. The van der Waals surface area contributed by atoms with Gasteiger partial charge in [0.1, 0.15) is 0 Å². The van der Waals surface area contributed by atoms with Crippen LogP contribution in [0.5, 0.6) is 11.5 Å². The highest BCUT2D eigenvalue weighted by Gasteiger charge is 2.21.